The van der Waals surface area contributed by atoms with E-state index in [1.807, 2.05) is 0 Å². The minimum Gasteiger partial charge on any atom is -0.310 e. The van der Waals surface area contributed by atoms with Crippen LogP contribution in [0.1, 0.15) is 48.8 Å². The lowest BCUT2D eigenvalue weighted by Crippen LogP contribution is -2.49. The smallest absolute Gasteiger partial charge is 0.0308 e. The second kappa shape index (κ2) is 5.87. The largest absolute Gasteiger partial charge is 0.310 e. The van der Waals surface area contributed by atoms with Gasteiger partial charge in [-0.1, -0.05) is 31.0 Å². The van der Waals surface area contributed by atoms with E-state index < -0.39 is 0 Å². The molecule has 20 heavy (non-hydrogen) atoms. The number of nitrogens with one attached hydrogen (secondary N) is 1. The van der Waals surface area contributed by atoms with E-state index in [0.29, 0.717) is 5.54 Å². The summed E-state index contributed by atoms with van der Waals surface area (Å²) in [6.07, 6.45) is 6.84. The average molecular weight is 272 g/mol. The second-order valence-electron chi connectivity index (χ2n) is 6.90. The number of hydrogen-bond acceptors (Lipinski definition) is 2. The first kappa shape index (κ1) is 14.1. The van der Waals surface area contributed by atoms with Crippen molar-refractivity contribution in [2.45, 2.75) is 58.0 Å². The van der Waals surface area contributed by atoms with E-state index in [0.717, 1.165) is 6.54 Å². The molecule has 0 aromatic heterocycles. The molecular weight excluding hydrogens is 244 g/mol. The standard InChI is InChI=1S/C18H28N2/c1-15-6-7-17(12-16(15)2)13-20-11-5-10-19-18(14-20)8-3-4-9-18/h6-7,12,19H,3-5,8-11,13-14H2,1-2H3. The van der Waals surface area contributed by atoms with Crippen LogP contribution in [-0.2, 0) is 6.54 Å². The predicted molar refractivity (Wildman–Crippen MR) is 85.0 cm³/mol. The highest BCUT2D eigenvalue weighted by atomic mass is 15.2. The molecule has 2 aliphatic rings. The Bertz CT molecular complexity index is 460. The average Bonchev–Trinajstić information content (AvgIpc) is 2.77. The molecule has 0 amide bonds. The van der Waals surface area contributed by atoms with E-state index in [-0.39, 0.29) is 0 Å². The molecule has 2 nitrogen and oxygen atoms in total. The molecule has 1 saturated heterocycles. The van der Waals surface area contributed by atoms with Crippen LogP contribution in [0.4, 0.5) is 0 Å². The SMILES string of the molecule is Cc1ccc(CN2CCCNC3(CCCC3)C2)cc1C. The summed E-state index contributed by atoms with van der Waals surface area (Å²) >= 11 is 0. The highest BCUT2D eigenvalue weighted by Crippen LogP contribution is 2.32. The molecule has 1 heterocycles. The fourth-order valence-electron chi connectivity index (χ4n) is 3.90. The fraction of sp³-hybridized carbons (Fsp3) is 0.667. The van der Waals surface area contributed by atoms with E-state index in [2.05, 4.69) is 42.3 Å². The van der Waals surface area contributed by atoms with Crippen LogP contribution in [0.25, 0.3) is 0 Å². The zero-order chi connectivity index (χ0) is 14.0. The molecule has 0 bridgehead atoms. The van der Waals surface area contributed by atoms with Crippen LogP contribution in [0.2, 0.25) is 0 Å². The summed E-state index contributed by atoms with van der Waals surface area (Å²) in [7, 11) is 0. The van der Waals surface area contributed by atoms with Crippen molar-refractivity contribution in [1.82, 2.24) is 10.2 Å². The van der Waals surface area contributed by atoms with Gasteiger partial charge in [0, 0.05) is 18.6 Å². The molecule has 3 rings (SSSR count). The lowest BCUT2D eigenvalue weighted by Gasteiger charge is -2.33. The van der Waals surface area contributed by atoms with Crippen LogP contribution in [0.15, 0.2) is 18.2 Å². The lowest BCUT2D eigenvalue weighted by atomic mass is 9.97. The van der Waals surface area contributed by atoms with Gasteiger partial charge in [-0.2, -0.15) is 0 Å². The molecule has 0 atom stereocenters. The van der Waals surface area contributed by atoms with Crippen molar-refractivity contribution in [2.75, 3.05) is 19.6 Å². The normalized spacial score (nSPS) is 23.1. The zero-order valence-corrected chi connectivity index (χ0v) is 13.0. The quantitative estimate of drug-likeness (QED) is 0.887. The molecule has 110 valence electrons. The van der Waals surface area contributed by atoms with Gasteiger partial charge in [0.05, 0.1) is 0 Å². The summed E-state index contributed by atoms with van der Waals surface area (Å²) in [6, 6.07) is 6.95. The van der Waals surface area contributed by atoms with E-state index in [4.69, 9.17) is 0 Å². The van der Waals surface area contributed by atoms with Crippen molar-refractivity contribution in [3.63, 3.8) is 0 Å². The molecule has 2 fully saturated rings. The third-order valence-corrected chi connectivity index (χ3v) is 5.22. The Balaban J connectivity index is 1.70. The molecule has 1 saturated carbocycles. The number of aryl methyl sites for hydroxylation is 2. The molecule has 1 aliphatic carbocycles. The predicted octanol–water partition coefficient (Wildman–Crippen LogP) is 3.41. The third kappa shape index (κ3) is 3.07. The zero-order valence-electron chi connectivity index (χ0n) is 13.0. The van der Waals surface area contributed by atoms with Gasteiger partial charge in [0.25, 0.3) is 0 Å². The fourth-order valence-corrected chi connectivity index (χ4v) is 3.90. The lowest BCUT2D eigenvalue weighted by molar-refractivity contribution is 0.203. The van der Waals surface area contributed by atoms with Gasteiger partial charge in [-0.05, 0) is 62.9 Å². The topological polar surface area (TPSA) is 15.3 Å². The third-order valence-electron chi connectivity index (χ3n) is 5.22. The van der Waals surface area contributed by atoms with Crippen molar-refractivity contribution in [3.05, 3.63) is 34.9 Å². The van der Waals surface area contributed by atoms with Gasteiger partial charge in [0.1, 0.15) is 0 Å². The molecule has 1 aromatic rings. The summed E-state index contributed by atoms with van der Waals surface area (Å²) < 4.78 is 0. The molecule has 1 spiro atoms. The summed E-state index contributed by atoms with van der Waals surface area (Å²) in [5.74, 6) is 0. The molecule has 1 aromatic carbocycles. The van der Waals surface area contributed by atoms with E-state index >= 15 is 0 Å². The number of benzene rings is 1. The summed E-state index contributed by atoms with van der Waals surface area (Å²) in [5, 5.41) is 3.85. The van der Waals surface area contributed by atoms with Crippen LogP contribution in [0.3, 0.4) is 0 Å². The molecule has 1 aliphatic heterocycles. The number of nitrogens with zero attached hydrogens (tertiary/aromatic N) is 1. The molecule has 2 heteroatoms. The van der Waals surface area contributed by atoms with Gasteiger partial charge >= 0.3 is 0 Å². The Kier molecular flexibility index (Phi) is 4.13. The Morgan fingerprint density at radius 2 is 1.90 bits per heavy atom. The van der Waals surface area contributed by atoms with E-state index in [1.54, 1.807) is 0 Å². The van der Waals surface area contributed by atoms with Gasteiger partial charge in [-0.15, -0.1) is 0 Å². The molecule has 0 unspecified atom stereocenters. The Morgan fingerprint density at radius 1 is 1.10 bits per heavy atom. The minimum atomic E-state index is 0.427. The number of hydrogen-bond donors (Lipinski definition) is 1. The Hall–Kier alpha value is -0.860. The molecule has 0 radical (unpaired) electrons. The van der Waals surface area contributed by atoms with E-state index in [1.165, 1.54) is 68.4 Å². The van der Waals surface area contributed by atoms with Gasteiger partial charge in [0.2, 0.25) is 0 Å². The van der Waals surface area contributed by atoms with E-state index in [9.17, 15) is 0 Å². The van der Waals surface area contributed by atoms with Crippen LogP contribution in [0.5, 0.6) is 0 Å². The highest BCUT2D eigenvalue weighted by Gasteiger charge is 2.36. The highest BCUT2D eigenvalue weighted by molar-refractivity contribution is 5.29. The van der Waals surface area contributed by atoms with Crippen molar-refractivity contribution in [3.8, 4) is 0 Å². The van der Waals surface area contributed by atoms with Crippen LogP contribution < -0.4 is 5.32 Å². The summed E-state index contributed by atoms with van der Waals surface area (Å²) in [5.41, 5.74) is 4.73. The van der Waals surface area contributed by atoms with Crippen LogP contribution in [-0.4, -0.2) is 30.1 Å². The first-order valence-electron chi connectivity index (χ1n) is 8.20. The first-order chi connectivity index (χ1) is 9.67. The maximum Gasteiger partial charge on any atom is 0.0308 e. The van der Waals surface area contributed by atoms with Gasteiger partial charge < -0.3 is 5.32 Å². The monoisotopic (exact) mass is 272 g/mol. The Labute approximate surface area is 123 Å². The van der Waals surface area contributed by atoms with Crippen LogP contribution in [0, 0.1) is 13.8 Å². The van der Waals surface area contributed by atoms with Gasteiger partial charge in [-0.3, -0.25) is 4.90 Å². The summed E-state index contributed by atoms with van der Waals surface area (Å²) in [6.45, 7) is 9.21. The second-order valence-corrected chi connectivity index (χ2v) is 6.90. The molecule has 1 N–H and O–H groups in total. The first-order valence-corrected chi connectivity index (χ1v) is 8.20. The maximum absolute atomic E-state index is 3.85. The van der Waals surface area contributed by atoms with Crippen molar-refractivity contribution in [2.24, 2.45) is 0 Å². The Morgan fingerprint density at radius 3 is 2.65 bits per heavy atom. The van der Waals surface area contributed by atoms with Gasteiger partial charge in [0.15, 0.2) is 0 Å². The summed E-state index contributed by atoms with van der Waals surface area (Å²) in [4.78, 5) is 2.68. The molecular formula is C18H28N2. The van der Waals surface area contributed by atoms with Crippen molar-refractivity contribution in [1.29, 1.82) is 0 Å². The minimum absolute atomic E-state index is 0.427. The van der Waals surface area contributed by atoms with Gasteiger partial charge in [-0.25, -0.2) is 0 Å². The number of rotatable bonds is 2. The van der Waals surface area contributed by atoms with Crippen LogP contribution >= 0.6 is 0 Å². The van der Waals surface area contributed by atoms with Crippen molar-refractivity contribution < 1.29 is 0 Å². The van der Waals surface area contributed by atoms with Crippen molar-refractivity contribution >= 4 is 0 Å². The maximum atomic E-state index is 3.85.